The van der Waals surface area contributed by atoms with Gasteiger partial charge in [-0.3, -0.25) is 0 Å². The predicted molar refractivity (Wildman–Crippen MR) is 238 cm³/mol. The van der Waals surface area contributed by atoms with Crippen molar-refractivity contribution in [1.29, 1.82) is 0 Å². The average Bonchev–Trinajstić information content (AvgIpc) is 3.95. The lowest BCUT2D eigenvalue weighted by Gasteiger charge is -2.11. The molecule has 4 aromatic heterocycles. The van der Waals surface area contributed by atoms with Gasteiger partial charge in [-0.15, -0.1) is 11.3 Å². The van der Waals surface area contributed by atoms with Gasteiger partial charge in [0.15, 0.2) is 17.5 Å². The fraction of sp³-hybridized carbons (Fsp3) is 0. The number of para-hydroxylation sites is 3. The van der Waals surface area contributed by atoms with Crippen LogP contribution in [0.4, 0.5) is 0 Å². The molecule has 266 valence electrons. The topological polar surface area (TPSA) is 48.5 Å². The van der Waals surface area contributed by atoms with Crippen molar-refractivity contribution in [3.05, 3.63) is 188 Å². The van der Waals surface area contributed by atoms with Crippen LogP contribution in [0.2, 0.25) is 0 Å². The van der Waals surface area contributed by atoms with Crippen molar-refractivity contribution in [2.45, 2.75) is 0 Å². The minimum atomic E-state index is 0.640. The van der Waals surface area contributed by atoms with Crippen LogP contribution in [-0.2, 0) is 0 Å². The molecule has 0 aliphatic rings. The van der Waals surface area contributed by atoms with E-state index in [0.717, 1.165) is 39.1 Å². The van der Waals surface area contributed by atoms with Gasteiger partial charge in [0.1, 0.15) is 0 Å². The lowest BCUT2D eigenvalue weighted by Crippen LogP contribution is -2.00. The fourth-order valence-electron chi connectivity index (χ4n) is 8.68. The summed E-state index contributed by atoms with van der Waals surface area (Å²) < 4.78 is 7.20. The number of hydrogen-bond donors (Lipinski definition) is 0. The lowest BCUT2D eigenvalue weighted by molar-refractivity contribution is 1.08. The van der Waals surface area contributed by atoms with Crippen molar-refractivity contribution in [3.63, 3.8) is 0 Å². The van der Waals surface area contributed by atoms with E-state index in [2.05, 4.69) is 179 Å². The largest absolute Gasteiger partial charge is 0.309 e. The third-order valence-corrected chi connectivity index (χ3v) is 12.4. The van der Waals surface area contributed by atoms with E-state index in [1.807, 2.05) is 18.2 Å². The first-order valence-electron chi connectivity index (χ1n) is 19.1. The smallest absolute Gasteiger partial charge is 0.165 e. The first-order valence-corrected chi connectivity index (χ1v) is 19.9. The lowest BCUT2D eigenvalue weighted by atomic mass is 10.1. The van der Waals surface area contributed by atoms with Gasteiger partial charge in [-0.1, -0.05) is 115 Å². The molecule has 8 aromatic carbocycles. The number of benzene rings is 8. The molecular weight excluding hydrogens is 715 g/mol. The van der Waals surface area contributed by atoms with E-state index in [1.165, 1.54) is 52.8 Å². The van der Waals surface area contributed by atoms with Gasteiger partial charge in [0, 0.05) is 69.8 Å². The Labute approximate surface area is 331 Å². The summed E-state index contributed by atoms with van der Waals surface area (Å²) in [6.45, 7) is 0. The molecule has 0 saturated carbocycles. The molecule has 57 heavy (non-hydrogen) atoms. The molecule has 12 aromatic rings. The first-order chi connectivity index (χ1) is 28.3. The molecule has 0 bridgehead atoms. The monoisotopic (exact) mass is 745 g/mol. The van der Waals surface area contributed by atoms with Crippen molar-refractivity contribution in [1.82, 2.24) is 24.1 Å². The Morgan fingerprint density at radius 2 is 0.825 bits per heavy atom. The van der Waals surface area contributed by atoms with Crippen molar-refractivity contribution in [2.75, 3.05) is 0 Å². The van der Waals surface area contributed by atoms with Crippen molar-refractivity contribution < 1.29 is 0 Å². The van der Waals surface area contributed by atoms with Crippen LogP contribution in [0.1, 0.15) is 0 Å². The Morgan fingerprint density at radius 1 is 0.333 bits per heavy atom. The van der Waals surface area contributed by atoms with Gasteiger partial charge in [-0.2, -0.15) is 0 Å². The van der Waals surface area contributed by atoms with E-state index >= 15 is 0 Å². The second-order valence-electron chi connectivity index (χ2n) is 14.4. The third-order valence-electron chi connectivity index (χ3n) is 11.2. The van der Waals surface area contributed by atoms with Gasteiger partial charge in [0.2, 0.25) is 0 Å². The van der Waals surface area contributed by atoms with E-state index in [9.17, 15) is 0 Å². The SMILES string of the molecule is c1ccc(-c2nc(-c3ccc(-n4c5ccccc5c5c6c7ccccc7n(-c7ccccc7)c6ccc54)cc3)nc(-c3cccc4c3sc3ccccc34)n2)cc1. The summed E-state index contributed by atoms with van der Waals surface area (Å²) in [5.41, 5.74) is 9.83. The zero-order valence-electron chi connectivity index (χ0n) is 30.5. The zero-order chi connectivity index (χ0) is 37.5. The van der Waals surface area contributed by atoms with Crippen molar-refractivity contribution in [3.8, 4) is 45.5 Å². The maximum atomic E-state index is 5.18. The number of aromatic nitrogens is 5. The molecule has 5 nitrogen and oxygen atoms in total. The molecule has 0 unspecified atom stereocenters. The van der Waals surface area contributed by atoms with Crippen molar-refractivity contribution >= 4 is 75.1 Å². The molecule has 0 amide bonds. The van der Waals surface area contributed by atoms with Crippen LogP contribution < -0.4 is 0 Å². The summed E-state index contributed by atoms with van der Waals surface area (Å²) >= 11 is 1.79. The predicted octanol–water partition coefficient (Wildman–Crippen LogP) is 13.4. The van der Waals surface area contributed by atoms with Gasteiger partial charge >= 0.3 is 0 Å². The van der Waals surface area contributed by atoms with E-state index in [0.29, 0.717) is 17.5 Å². The Hall–Kier alpha value is -7.41. The normalized spacial score (nSPS) is 11.9. The molecule has 0 fully saturated rings. The van der Waals surface area contributed by atoms with E-state index in [4.69, 9.17) is 15.0 Å². The zero-order valence-corrected chi connectivity index (χ0v) is 31.4. The highest BCUT2D eigenvalue weighted by Crippen LogP contribution is 2.43. The molecule has 0 aliphatic carbocycles. The van der Waals surface area contributed by atoms with Gasteiger partial charge in [-0.05, 0) is 72.8 Å². The summed E-state index contributed by atoms with van der Waals surface area (Å²) in [7, 11) is 0. The van der Waals surface area contributed by atoms with Crippen molar-refractivity contribution in [2.24, 2.45) is 0 Å². The van der Waals surface area contributed by atoms with Crippen LogP contribution in [0.15, 0.2) is 188 Å². The Bertz CT molecular complexity index is 3510. The summed E-state index contributed by atoms with van der Waals surface area (Å²) in [5.74, 6) is 1.96. The molecule has 12 rings (SSSR count). The average molecular weight is 746 g/mol. The van der Waals surface area contributed by atoms with Crippen LogP contribution in [0, 0.1) is 0 Å². The van der Waals surface area contributed by atoms with Gasteiger partial charge < -0.3 is 9.13 Å². The maximum Gasteiger partial charge on any atom is 0.165 e. The highest BCUT2D eigenvalue weighted by atomic mass is 32.1. The second kappa shape index (κ2) is 12.6. The van der Waals surface area contributed by atoms with Gasteiger partial charge in [-0.25, -0.2) is 15.0 Å². The molecule has 0 N–H and O–H groups in total. The van der Waals surface area contributed by atoms with Crippen LogP contribution in [0.25, 0.3) is 109 Å². The highest BCUT2D eigenvalue weighted by molar-refractivity contribution is 7.26. The number of thiophene rings is 1. The van der Waals surface area contributed by atoms with E-state index in [-0.39, 0.29) is 0 Å². The highest BCUT2D eigenvalue weighted by Gasteiger charge is 2.21. The third kappa shape index (κ3) is 4.91. The molecule has 0 atom stereocenters. The second-order valence-corrected chi connectivity index (χ2v) is 15.4. The van der Waals surface area contributed by atoms with Gasteiger partial charge in [0.25, 0.3) is 0 Å². The number of hydrogen-bond acceptors (Lipinski definition) is 4. The summed E-state index contributed by atoms with van der Waals surface area (Å²) in [6, 6.07) is 66.6. The van der Waals surface area contributed by atoms with Crippen LogP contribution in [-0.4, -0.2) is 24.1 Å². The molecule has 0 aliphatic heterocycles. The van der Waals surface area contributed by atoms with Crippen LogP contribution in [0.3, 0.4) is 0 Å². The molecule has 0 spiro atoms. The molecule has 0 radical (unpaired) electrons. The minimum absolute atomic E-state index is 0.640. The molecule has 6 heteroatoms. The van der Waals surface area contributed by atoms with Crippen LogP contribution in [0.5, 0.6) is 0 Å². The summed E-state index contributed by atoms with van der Waals surface area (Å²) in [4.78, 5) is 15.3. The quantitative estimate of drug-likeness (QED) is 0.176. The first kappa shape index (κ1) is 31.9. The molecule has 4 heterocycles. The maximum absolute atomic E-state index is 5.18. The van der Waals surface area contributed by atoms with Gasteiger partial charge in [0.05, 0.1) is 22.1 Å². The Morgan fingerprint density at radius 3 is 1.47 bits per heavy atom. The Kier molecular flexibility index (Phi) is 7.03. The minimum Gasteiger partial charge on any atom is -0.309 e. The number of rotatable bonds is 5. The summed E-state index contributed by atoms with van der Waals surface area (Å²) in [6.07, 6.45) is 0. The standard InChI is InChI=1S/C51H31N5S/c1-3-14-32(15-4-1)49-52-50(54-51(53-49)40-22-13-21-37-36-18-9-12-25-45(36)57-48(37)40)33-26-28-35(29-27-33)56-42-24-11-8-20-39(42)47-44(56)31-30-43-46(47)38-19-7-10-23-41(38)55(43)34-16-5-2-6-17-34/h1-31H. The molecular formula is C51H31N5S. The van der Waals surface area contributed by atoms with E-state index < -0.39 is 0 Å². The number of fused-ring (bicyclic) bond motifs is 10. The number of nitrogens with zero attached hydrogens (tertiary/aromatic N) is 5. The summed E-state index contributed by atoms with van der Waals surface area (Å²) in [5, 5.41) is 7.45. The Balaban J connectivity index is 1.04. The van der Waals surface area contributed by atoms with E-state index in [1.54, 1.807) is 11.3 Å². The fourth-order valence-corrected chi connectivity index (χ4v) is 9.89. The van der Waals surface area contributed by atoms with Crippen LogP contribution >= 0.6 is 11.3 Å². The molecule has 0 saturated heterocycles.